The van der Waals surface area contributed by atoms with E-state index in [1.54, 1.807) is 0 Å². The van der Waals surface area contributed by atoms with Crippen LogP contribution in [-0.2, 0) is 13.0 Å². The minimum atomic E-state index is -0.428. The molecule has 0 bridgehead atoms. The number of benzene rings is 1. The molecule has 1 aromatic carbocycles. The Bertz CT molecular complexity index is 759. The molecule has 2 aromatic rings. The van der Waals surface area contributed by atoms with Gasteiger partial charge >= 0.3 is 5.63 Å². The second kappa shape index (κ2) is 6.34. The monoisotopic (exact) mass is 317 g/mol. The van der Waals surface area contributed by atoms with Gasteiger partial charge in [-0.05, 0) is 36.5 Å². The highest BCUT2D eigenvalue weighted by molar-refractivity contribution is 5.82. The van der Waals surface area contributed by atoms with Crippen LogP contribution >= 0.6 is 0 Å². The lowest BCUT2D eigenvalue weighted by atomic mass is 9.97. The van der Waals surface area contributed by atoms with E-state index in [1.165, 1.54) is 12.1 Å². The third kappa shape index (κ3) is 3.12. The van der Waals surface area contributed by atoms with E-state index in [-0.39, 0.29) is 17.9 Å². The molecule has 0 atom stereocenters. The van der Waals surface area contributed by atoms with Crippen LogP contribution in [0.5, 0.6) is 5.75 Å². The predicted octanol–water partition coefficient (Wildman–Crippen LogP) is 2.46. The Morgan fingerprint density at radius 3 is 2.61 bits per heavy atom. The summed E-state index contributed by atoms with van der Waals surface area (Å²) in [6.07, 6.45) is 4.82. The Balaban J connectivity index is 1.97. The first-order chi connectivity index (χ1) is 11.1. The lowest BCUT2D eigenvalue weighted by Crippen LogP contribution is -2.45. The summed E-state index contributed by atoms with van der Waals surface area (Å²) < 4.78 is 5.21. The molecule has 5 nitrogen and oxygen atoms in total. The molecule has 3 rings (SSSR count). The van der Waals surface area contributed by atoms with Crippen LogP contribution in [0.2, 0.25) is 0 Å². The van der Waals surface area contributed by atoms with Crippen LogP contribution in [0.15, 0.2) is 27.4 Å². The summed E-state index contributed by atoms with van der Waals surface area (Å²) in [5, 5.41) is 23.9. The fraction of sp³-hybridized carbons (Fsp3) is 0.500. The Hall–Kier alpha value is -1.85. The van der Waals surface area contributed by atoms with Gasteiger partial charge in [0, 0.05) is 29.6 Å². The summed E-state index contributed by atoms with van der Waals surface area (Å²) in [6, 6.07) is 4.88. The first kappa shape index (κ1) is 16.0. The molecular weight excluding hydrogens is 294 g/mol. The number of nitrogens with one attached hydrogen (secondary N) is 1. The van der Waals surface area contributed by atoms with E-state index in [0.717, 1.165) is 42.2 Å². The minimum absolute atomic E-state index is 0.105. The van der Waals surface area contributed by atoms with Crippen LogP contribution in [0.1, 0.15) is 43.7 Å². The molecule has 1 aliphatic rings. The number of phenols is 1. The van der Waals surface area contributed by atoms with Gasteiger partial charge in [-0.3, -0.25) is 0 Å². The molecule has 0 amide bonds. The molecule has 1 heterocycles. The van der Waals surface area contributed by atoms with Crippen molar-refractivity contribution in [3.05, 3.63) is 39.7 Å². The molecule has 0 unspecified atom stereocenters. The van der Waals surface area contributed by atoms with Crippen molar-refractivity contribution in [1.29, 1.82) is 0 Å². The molecule has 0 spiro atoms. The third-order valence-corrected chi connectivity index (χ3v) is 4.93. The van der Waals surface area contributed by atoms with Crippen LogP contribution in [0, 0.1) is 0 Å². The molecular formula is C18H23NO4. The van der Waals surface area contributed by atoms with Crippen molar-refractivity contribution in [2.24, 2.45) is 0 Å². The van der Waals surface area contributed by atoms with Crippen molar-refractivity contribution in [2.75, 3.05) is 6.61 Å². The highest BCUT2D eigenvalue weighted by atomic mass is 16.4. The fourth-order valence-electron chi connectivity index (χ4n) is 3.46. The Labute approximate surface area is 134 Å². The Kier molecular flexibility index (Phi) is 4.41. The maximum atomic E-state index is 11.8. The number of phenolic OH excluding ortho intramolecular Hbond substituents is 1. The molecule has 1 fully saturated rings. The van der Waals surface area contributed by atoms with E-state index in [1.807, 2.05) is 13.0 Å². The summed E-state index contributed by atoms with van der Waals surface area (Å²) in [5.74, 6) is 0.149. The van der Waals surface area contributed by atoms with Gasteiger partial charge in [0.1, 0.15) is 11.3 Å². The number of hydrogen-bond donors (Lipinski definition) is 3. The number of hydrogen-bond acceptors (Lipinski definition) is 5. The number of aliphatic hydroxyl groups is 1. The normalized spacial score (nSPS) is 17.0. The smallest absolute Gasteiger partial charge is 0.336 e. The molecule has 124 valence electrons. The van der Waals surface area contributed by atoms with E-state index in [4.69, 9.17) is 4.42 Å². The molecule has 1 aromatic heterocycles. The maximum absolute atomic E-state index is 11.8. The van der Waals surface area contributed by atoms with E-state index >= 15 is 0 Å². The SMILES string of the molecule is CCc1cc2c(CNC3(CO)CCCC3)cc(=O)oc2cc1O. The minimum Gasteiger partial charge on any atom is -0.508 e. The molecule has 5 heteroatoms. The van der Waals surface area contributed by atoms with Crippen molar-refractivity contribution in [3.8, 4) is 5.75 Å². The molecule has 23 heavy (non-hydrogen) atoms. The lowest BCUT2D eigenvalue weighted by Gasteiger charge is -2.28. The van der Waals surface area contributed by atoms with Crippen LogP contribution in [0.25, 0.3) is 11.0 Å². The van der Waals surface area contributed by atoms with Crippen molar-refractivity contribution in [3.63, 3.8) is 0 Å². The van der Waals surface area contributed by atoms with Crippen LogP contribution in [-0.4, -0.2) is 22.4 Å². The first-order valence-electron chi connectivity index (χ1n) is 8.21. The van der Waals surface area contributed by atoms with Gasteiger partial charge in [-0.2, -0.15) is 0 Å². The van der Waals surface area contributed by atoms with Crippen LogP contribution < -0.4 is 10.9 Å². The van der Waals surface area contributed by atoms with Gasteiger partial charge in [-0.15, -0.1) is 0 Å². The second-order valence-electron chi connectivity index (χ2n) is 6.42. The van der Waals surface area contributed by atoms with Crippen LogP contribution in [0.4, 0.5) is 0 Å². The number of fused-ring (bicyclic) bond motifs is 1. The van der Waals surface area contributed by atoms with Crippen molar-refractivity contribution in [1.82, 2.24) is 5.32 Å². The molecule has 3 N–H and O–H groups in total. The van der Waals surface area contributed by atoms with Crippen LogP contribution in [0.3, 0.4) is 0 Å². The van der Waals surface area contributed by atoms with Gasteiger partial charge < -0.3 is 19.9 Å². The van der Waals surface area contributed by atoms with Gasteiger partial charge in [0.15, 0.2) is 0 Å². The summed E-state index contributed by atoms with van der Waals surface area (Å²) in [4.78, 5) is 11.8. The van der Waals surface area contributed by atoms with Gasteiger partial charge in [0.05, 0.1) is 6.61 Å². The number of aliphatic hydroxyl groups excluding tert-OH is 1. The summed E-state index contributed by atoms with van der Waals surface area (Å²) in [5.41, 5.74) is 1.39. The summed E-state index contributed by atoms with van der Waals surface area (Å²) >= 11 is 0. The van der Waals surface area contributed by atoms with Crippen molar-refractivity contribution in [2.45, 2.75) is 51.1 Å². The van der Waals surface area contributed by atoms with E-state index in [9.17, 15) is 15.0 Å². The fourth-order valence-corrected chi connectivity index (χ4v) is 3.46. The molecule has 0 radical (unpaired) electrons. The first-order valence-corrected chi connectivity index (χ1v) is 8.21. The largest absolute Gasteiger partial charge is 0.508 e. The Morgan fingerprint density at radius 1 is 1.22 bits per heavy atom. The highest BCUT2D eigenvalue weighted by Gasteiger charge is 2.32. The zero-order valence-corrected chi connectivity index (χ0v) is 13.4. The molecule has 0 aliphatic heterocycles. The number of aryl methyl sites for hydroxylation is 1. The van der Waals surface area contributed by atoms with E-state index in [0.29, 0.717) is 18.5 Å². The number of aromatic hydroxyl groups is 1. The standard InChI is InChI=1S/C18H23NO4/c1-2-12-7-14-13(8-17(22)23-16(14)9-15(12)21)10-19-18(11-20)5-3-4-6-18/h7-9,19-21H,2-6,10-11H2,1H3. The van der Waals surface area contributed by atoms with E-state index in [2.05, 4.69) is 5.32 Å². The van der Waals surface area contributed by atoms with Crippen molar-refractivity contribution >= 4 is 11.0 Å². The van der Waals surface area contributed by atoms with Gasteiger partial charge in [-0.1, -0.05) is 19.8 Å². The highest BCUT2D eigenvalue weighted by Crippen LogP contribution is 2.31. The average Bonchev–Trinajstić information content (AvgIpc) is 3.01. The lowest BCUT2D eigenvalue weighted by molar-refractivity contribution is 0.163. The van der Waals surface area contributed by atoms with Gasteiger partial charge in [0.25, 0.3) is 0 Å². The average molecular weight is 317 g/mol. The quantitative estimate of drug-likeness (QED) is 0.738. The summed E-state index contributed by atoms with van der Waals surface area (Å²) in [7, 11) is 0. The van der Waals surface area contributed by atoms with Gasteiger partial charge in [-0.25, -0.2) is 4.79 Å². The maximum Gasteiger partial charge on any atom is 0.336 e. The van der Waals surface area contributed by atoms with E-state index < -0.39 is 5.63 Å². The zero-order valence-electron chi connectivity index (χ0n) is 13.4. The topological polar surface area (TPSA) is 82.7 Å². The Morgan fingerprint density at radius 2 is 1.96 bits per heavy atom. The van der Waals surface area contributed by atoms with Gasteiger partial charge in [0.2, 0.25) is 0 Å². The summed E-state index contributed by atoms with van der Waals surface area (Å²) in [6.45, 7) is 2.57. The second-order valence-corrected chi connectivity index (χ2v) is 6.42. The predicted molar refractivity (Wildman–Crippen MR) is 88.7 cm³/mol. The van der Waals surface area contributed by atoms with Crippen molar-refractivity contribution < 1.29 is 14.6 Å². The number of rotatable bonds is 5. The zero-order chi connectivity index (χ0) is 16.4. The molecule has 0 saturated heterocycles. The molecule has 1 aliphatic carbocycles. The third-order valence-electron chi connectivity index (χ3n) is 4.93. The molecule has 1 saturated carbocycles.